The van der Waals surface area contributed by atoms with Gasteiger partial charge in [-0.05, 0) is 57.4 Å². The second-order valence-electron chi connectivity index (χ2n) is 13.5. The molecule has 3 heterocycles. The van der Waals surface area contributed by atoms with E-state index in [2.05, 4.69) is 68.1 Å². The molecule has 0 saturated heterocycles. The van der Waals surface area contributed by atoms with Crippen LogP contribution in [0.1, 0.15) is 33.2 Å². The Bertz CT molecular complexity index is 3050. The van der Waals surface area contributed by atoms with Crippen LogP contribution in [0.15, 0.2) is 146 Å². The molecule has 0 aliphatic rings. The second-order valence-corrected chi connectivity index (χ2v) is 13.9. The van der Waals surface area contributed by atoms with Crippen molar-refractivity contribution in [2.24, 2.45) is 0 Å². The van der Waals surface area contributed by atoms with E-state index in [4.69, 9.17) is 28.2 Å². The van der Waals surface area contributed by atoms with Crippen LogP contribution in [0, 0.1) is 18.5 Å². The topological polar surface area (TPSA) is 35.9 Å². The van der Waals surface area contributed by atoms with Gasteiger partial charge in [-0.15, -0.1) is 29.7 Å². The molecule has 0 N–H and O–H groups in total. The Morgan fingerprint density at radius 2 is 1.53 bits per heavy atom. The Morgan fingerprint density at radius 1 is 0.774 bits per heavy atom. The molecule has 0 spiro atoms. The van der Waals surface area contributed by atoms with Crippen molar-refractivity contribution in [1.82, 2.24) is 14.1 Å². The Balaban J connectivity index is 0.00000469. The molecule has 5 nitrogen and oxygen atoms in total. The quantitative estimate of drug-likeness (QED) is 0.123. The molecule has 0 saturated carbocycles. The number of hydrogen-bond acceptors (Lipinski definition) is 2. The van der Waals surface area contributed by atoms with Crippen molar-refractivity contribution in [1.29, 1.82) is 0 Å². The van der Waals surface area contributed by atoms with Gasteiger partial charge in [0.2, 0.25) is 0 Å². The van der Waals surface area contributed by atoms with Crippen LogP contribution in [0.3, 0.4) is 0 Å². The molecule has 0 unspecified atom stereocenters. The number of fused-ring (bicyclic) bond motifs is 4. The van der Waals surface area contributed by atoms with Crippen molar-refractivity contribution >= 4 is 44.4 Å². The zero-order valence-electron chi connectivity index (χ0n) is 33.9. The molecule has 6 aromatic carbocycles. The number of ether oxygens (including phenoxy) is 1. The van der Waals surface area contributed by atoms with Crippen molar-refractivity contribution in [2.75, 3.05) is 0 Å². The van der Waals surface area contributed by atoms with Crippen LogP contribution < -0.4 is 9.30 Å². The van der Waals surface area contributed by atoms with Gasteiger partial charge in [-0.1, -0.05) is 123 Å². The van der Waals surface area contributed by atoms with Gasteiger partial charge in [0.05, 0.1) is 28.6 Å². The predicted molar refractivity (Wildman–Crippen MR) is 209 cm³/mol. The first-order valence-corrected chi connectivity index (χ1v) is 17.2. The van der Waals surface area contributed by atoms with Gasteiger partial charge in [0.25, 0.3) is 6.33 Å². The largest absolute Gasteiger partial charge is 0.510 e. The summed E-state index contributed by atoms with van der Waals surface area (Å²) in [4.78, 5) is 4.79. The van der Waals surface area contributed by atoms with Crippen LogP contribution in [-0.4, -0.2) is 14.1 Å². The summed E-state index contributed by atoms with van der Waals surface area (Å²) < 4.78 is 54.4. The average Bonchev–Trinajstić information content (AvgIpc) is 3.75. The first-order valence-electron chi connectivity index (χ1n) is 19.3. The van der Waals surface area contributed by atoms with Crippen LogP contribution >= 0.6 is 11.6 Å². The predicted octanol–water partition coefficient (Wildman–Crippen LogP) is 11.2. The molecular weight excluding hydrogens is 855 g/mol. The van der Waals surface area contributed by atoms with Gasteiger partial charge >= 0.3 is 0 Å². The molecule has 0 fully saturated rings. The zero-order valence-corrected chi connectivity index (χ0v) is 31.9. The summed E-state index contributed by atoms with van der Waals surface area (Å²) >= 11 is 6.91. The fourth-order valence-corrected chi connectivity index (χ4v) is 6.92. The number of para-hydroxylation sites is 4. The molecule has 0 bridgehead atoms. The van der Waals surface area contributed by atoms with Gasteiger partial charge in [0.15, 0.2) is 0 Å². The van der Waals surface area contributed by atoms with E-state index in [1.807, 2.05) is 77.5 Å². The van der Waals surface area contributed by atoms with Gasteiger partial charge in [0.1, 0.15) is 5.82 Å². The maximum absolute atomic E-state index is 8.71. The van der Waals surface area contributed by atoms with Crippen molar-refractivity contribution in [2.45, 2.75) is 26.2 Å². The Kier molecular flexibility index (Phi) is 7.57. The van der Waals surface area contributed by atoms with E-state index in [0.717, 1.165) is 38.7 Å². The van der Waals surface area contributed by atoms with Crippen molar-refractivity contribution in [3.8, 4) is 39.8 Å². The van der Waals surface area contributed by atoms with E-state index in [1.165, 1.54) is 5.56 Å². The Labute approximate surface area is 335 Å². The number of hydrogen-bond donors (Lipinski definition) is 0. The molecule has 7 heteroatoms. The van der Waals surface area contributed by atoms with Crippen molar-refractivity contribution in [3.63, 3.8) is 0 Å². The first kappa shape index (κ1) is 29.0. The molecule has 262 valence electrons. The minimum absolute atomic E-state index is 0. The molecule has 0 radical (unpaired) electrons. The minimum atomic E-state index is -0.464. The standard InChI is InChI=1S/C46H33ClN4O.Pt/c1-46(2,3)32-25-26-48-44(27-32)51-40-20-8-7-17-37(40)38-24-23-35(29-43(38)51)52-34-16-11-15-33(28-34)49-30-50(42-22-10-9-21-41(42)49)45-36(18-12-19-39(45)47)31-13-5-4-6-14-31;/h4-27H,1-3H3;/q-2;/i4D,5D,6D,13D,14D;. The third kappa shape index (κ3) is 6.24. The van der Waals surface area contributed by atoms with Crippen molar-refractivity contribution in [3.05, 3.63) is 175 Å². The minimum Gasteiger partial charge on any atom is -0.510 e. The van der Waals surface area contributed by atoms with E-state index in [1.54, 1.807) is 22.8 Å². The Morgan fingerprint density at radius 3 is 2.36 bits per heavy atom. The van der Waals surface area contributed by atoms with E-state index in [-0.39, 0.29) is 44.1 Å². The van der Waals surface area contributed by atoms with Crippen LogP contribution in [0.4, 0.5) is 0 Å². The van der Waals surface area contributed by atoms with Gasteiger partial charge in [0, 0.05) is 44.3 Å². The third-order valence-corrected chi connectivity index (χ3v) is 9.46. The van der Waals surface area contributed by atoms with E-state index >= 15 is 0 Å². The fraction of sp³-hybridized carbons (Fsp3) is 0.0870. The van der Waals surface area contributed by atoms with Gasteiger partial charge in [-0.25, -0.2) is 4.98 Å². The number of halogens is 1. The number of nitrogens with zero attached hydrogens (tertiary/aromatic N) is 4. The van der Waals surface area contributed by atoms with Crippen LogP contribution in [0.5, 0.6) is 11.5 Å². The summed E-state index contributed by atoms with van der Waals surface area (Å²) in [6.45, 7) is 6.56. The summed E-state index contributed by atoms with van der Waals surface area (Å²) in [6, 6.07) is 39.7. The molecule has 53 heavy (non-hydrogen) atoms. The third-order valence-electron chi connectivity index (χ3n) is 9.15. The number of rotatable bonds is 6. The molecule has 9 aromatic rings. The molecule has 0 atom stereocenters. The molecule has 0 amide bonds. The zero-order chi connectivity index (χ0) is 39.7. The van der Waals surface area contributed by atoms with Crippen molar-refractivity contribution < 1.29 is 37.2 Å². The molecule has 0 aliphatic carbocycles. The summed E-state index contributed by atoms with van der Waals surface area (Å²) in [5.74, 6) is 1.75. The maximum Gasteiger partial charge on any atom is 0.268 e. The van der Waals surface area contributed by atoms with Gasteiger partial charge in [-0.3, -0.25) is 4.57 Å². The first-order chi connectivity index (χ1) is 27.4. The SMILES string of the molecule is [2H]c1c([2H])c([2H])c(-c2cccc(Cl)c2-n2[c-][n+](-c3[c-]c(Oc4[c-]c5c(cc4)c4ccccc4n5-c4cc(C(C)(C)C)ccn4)ccc3)c3ccccc32)c([2H])c1[2H].[Pt]. The fourth-order valence-electron chi connectivity index (χ4n) is 6.66. The van der Waals surface area contributed by atoms with E-state index in [0.29, 0.717) is 33.5 Å². The van der Waals surface area contributed by atoms with Crippen LogP contribution in [0.25, 0.3) is 61.2 Å². The summed E-state index contributed by atoms with van der Waals surface area (Å²) in [5.41, 5.74) is 5.91. The summed E-state index contributed by atoms with van der Waals surface area (Å²) in [7, 11) is 0. The normalized spacial score (nSPS) is 12.9. The second kappa shape index (κ2) is 13.8. The van der Waals surface area contributed by atoms with Crippen LogP contribution in [0.2, 0.25) is 5.02 Å². The molecule has 3 aromatic heterocycles. The smallest absolute Gasteiger partial charge is 0.268 e. The van der Waals surface area contributed by atoms with Crippen LogP contribution in [-0.2, 0) is 26.5 Å². The van der Waals surface area contributed by atoms with Gasteiger partial charge < -0.3 is 13.9 Å². The average molecular weight is 893 g/mol. The Hall–Kier alpha value is -5.48. The molecule has 9 rings (SSSR count). The molecular formula is C46H33ClN4OPt-2. The summed E-state index contributed by atoms with van der Waals surface area (Å²) in [6.07, 6.45) is 5.27. The monoisotopic (exact) mass is 892 g/mol. The summed E-state index contributed by atoms with van der Waals surface area (Å²) in [5, 5.41) is 2.43. The number of benzene rings is 6. The number of aromatic nitrogens is 4. The molecule has 0 aliphatic heterocycles. The van der Waals surface area contributed by atoms with E-state index in [9.17, 15) is 0 Å². The number of pyridine rings is 1. The van der Waals surface area contributed by atoms with Gasteiger partial charge in [-0.2, -0.15) is 18.2 Å². The number of imidazole rings is 1. The maximum atomic E-state index is 8.71. The van der Waals surface area contributed by atoms with E-state index < -0.39 is 18.1 Å².